The molecule has 2 rings (SSSR count). The van der Waals surface area contributed by atoms with Gasteiger partial charge in [-0.25, -0.2) is 4.39 Å². The maximum atomic E-state index is 14.0. The maximum absolute atomic E-state index is 14.0. The van der Waals surface area contributed by atoms with Crippen LogP contribution in [-0.2, 0) is 6.42 Å². The second-order valence-electron chi connectivity index (χ2n) is 5.58. The lowest BCUT2D eigenvalue weighted by atomic mass is 10.1. The highest BCUT2D eigenvalue weighted by Crippen LogP contribution is 2.12. The lowest BCUT2D eigenvalue weighted by Gasteiger charge is -2.02. The van der Waals surface area contributed by atoms with Crippen LogP contribution in [0.4, 0.5) is 4.39 Å². The van der Waals surface area contributed by atoms with E-state index in [1.165, 1.54) is 19.1 Å². The highest BCUT2D eigenvalue weighted by atomic mass is 19.1. The fourth-order valence-electron chi connectivity index (χ4n) is 2.30. The molecule has 0 aliphatic heterocycles. The quantitative estimate of drug-likeness (QED) is 0.381. The Morgan fingerprint density at radius 1 is 1.00 bits per heavy atom. The Balaban J connectivity index is 1.94. The maximum Gasteiger partial charge on any atom is 0.132 e. The van der Waals surface area contributed by atoms with Gasteiger partial charge in [0.05, 0.1) is 19.5 Å². The van der Waals surface area contributed by atoms with Crippen LogP contribution < -0.4 is 4.74 Å². The second kappa shape index (κ2) is 9.60. The first-order chi connectivity index (χ1) is 11.7. The summed E-state index contributed by atoms with van der Waals surface area (Å²) in [5, 5.41) is 7.87. The fraction of sp³-hybridized carbons (Fsp3) is 0.300. The van der Waals surface area contributed by atoms with E-state index in [-0.39, 0.29) is 5.82 Å². The molecule has 0 saturated carbocycles. The monoisotopic (exact) mass is 326 g/mol. The van der Waals surface area contributed by atoms with Crippen molar-refractivity contribution >= 4 is 12.4 Å². The van der Waals surface area contributed by atoms with Crippen molar-refractivity contribution in [2.24, 2.45) is 10.2 Å². The van der Waals surface area contributed by atoms with E-state index >= 15 is 0 Å². The number of rotatable bonds is 8. The van der Waals surface area contributed by atoms with Crippen LogP contribution in [0.2, 0.25) is 0 Å². The van der Waals surface area contributed by atoms with Crippen LogP contribution in [-0.4, -0.2) is 19.5 Å². The van der Waals surface area contributed by atoms with Crippen LogP contribution >= 0.6 is 0 Å². The zero-order chi connectivity index (χ0) is 17.2. The molecule has 0 aromatic heterocycles. The summed E-state index contributed by atoms with van der Waals surface area (Å²) in [4.78, 5) is 0. The number of halogens is 1. The summed E-state index contributed by atoms with van der Waals surface area (Å²) in [6, 6.07) is 12.7. The standard InChI is InChI=1S/C20H23FN2O/c1-3-4-5-6-16-7-10-18(20(21)13-16)15-23-22-14-17-8-11-19(24-2)12-9-17/h7-15H,3-6H2,1-2H3/b22-14+,23-15+. The van der Waals surface area contributed by atoms with E-state index in [2.05, 4.69) is 17.1 Å². The Kier molecular flexibility index (Phi) is 7.15. The zero-order valence-corrected chi connectivity index (χ0v) is 14.2. The molecular weight excluding hydrogens is 303 g/mol. The average Bonchev–Trinajstić information content (AvgIpc) is 2.61. The van der Waals surface area contributed by atoms with E-state index < -0.39 is 0 Å². The van der Waals surface area contributed by atoms with Crippen LogP contribution in [0.15, 0.2) is 52.7 Å². The van der Waals surface area contributed by atoms with Gasteiger partial charge in [-0.1, -0.05) is 31.9 Å². The van der Waals surface area contributed by atoms with Crippen LogP contribution in [0, 0.1) is 5.82 Å². The first-order valence-electron chi connectivity index (χ1n) is 8.22. The Bertz CT molecular complexity index is 693. The summed E-state index contributed by atoms with van der Waals surface area (Å²) >= 11 is 0. The summed E-state index contributed by atoms with van der Waals surface area (Å²) in [7, 11) is 1.62. The van der Waals surface area contributed by atoms with Gasteiger partial charge in [0, 0.05) is 5.56 Å². The molecule has 0 aliphatic rings. The molecule has 126 valence electrons. The second-order valence-corrected chi connectivity index (χ2v) is 5.58. The molecular formula is C20H23FN2O. The third kappa shape index (κ3) is 5.61. The van der Waals surface area contributed by atoms with E-state index in [0.717, 1.165) is 29.7 Å². The molecule has 0 amide bonds. The topological polar surface area (TPSA) is 34.0 Å². The highest BCUT2D eigenvalue weighted by Gasteiger charge is 2.01. The number of hydrogen-bond acceptors (Lipinski definition) is 3. The number of ether oxygens (including phenoxy) is 1. The Morgan fingerprint density at radius 3 is 2.42 bits per heavy atom. The molecule has 0 heterocycles. The van der Waals surface area contributed by atoms with Gasteiger partial charge in [-0.2, -0.15) is 10.2 Å². The van der Waals surface area contributed by atoms with Crippen molar-refractivity contribution < 1.29 is 9.13 Å². The van der Waals surface area contributed by atoms with Gasteiger partial charge in [-0.15, -0.1) is 0 Å². The van der Waals surface area contributed by atoms with Crippen molar-refractivity contribution in [2.45, 2.75) is 32.6 Å². The van der Waals surface area contributed by atoms with Crippen molar-refractivity contribution in [3.05, 3.63) is 65.0 Å². The van der Waals surface area contributed by atoms with Gasteiger partial charge in [0.25, 0.3) is 0 Å². The van der Waals surface area contributed by atoms with Gasteiger partial charge < -0.3 is 4.74 Å². The van der Waals surface area contributed by atoms with Crippen molar-refractivity contribution in [1.82, 2.24) is 0 Å². The molecule has 0 aliphatic carbocycles. The molecule has 0 radical (unpaired) electrons. The number of hydrogen-bond donors (Lipinski definition) is 0. The smallest absolute Gasteiger partial charge is 0.132 e. The van der Waals surface area contributed by atoms with E-state index in [0.29, 0.717) is 5.56 Å². The minimum Gasteiger partial charge on any atom is -0.497 e. The molecule has 3 nitrogen and oxygen atoms in total. The van der Waals surface area contributed by atoms with Crippen molar-refractivity contribution in [2.75, 3.05) is 7.11 Å². The summed E-state index contributed by atoms with van der Waals surface area (Å²) in [6.07, 6.45) is 7.40. The molecule has 0 fully saturated rings. The molecule has 4 heteroatoms. The molecule has 0 unspecified atom stereocenters. The number of unbranched alkanes of at least 4 members (excludes halogenated alkanes) is 2. The van der Waals surface area contributed by atoms with E-state index in [9.17, 15) is 4.39 Å². The zero-order valence-electron chi connectivity index (χ0n) is 14.2. The average molecular weight is 326 g/mol. The lowest BCUT2D eigenvalue weighted by Crippen LogP contribution is -1.92. The normalized spacial score (nSPS) is 11.5. The molecule has 0 atom stereocenters. The molecule has 24 heavy (non-hydrogen) atoms. The van der Waals surface area contributed by atoms with Crippen molar-refractivity contribution in [1.29, 1.82) is 0 Å². The summed E-state index contributed by atoms with van der Waals surface area (Å²) in [6.45, 7) is 2.16. The Labute approximate surface area is 142 Å². The summed E-state index contributed by atoms with van der Waals surface area (Å²) in [5.41, 5.74) is 2.38. The van der Waals surface area contributed by atoms with Crippen LogP contribution in [0.5, 0.6) is 5.75 Å². The molecule has 0 bridgehead atoms. The van der Waals surface area contributed by atoms with Gasteiger partial charge in [0.1, 0.15) is 11.6 Å². The molecule has 0 spiro atoms. The summed E-state index contributed by atoms with van der Waals surface area (Å²) < 4.78 is 19.1. The van der Waals surface area contributed by atoms with Crippen molar-refractivity contribution in [3.8, 4) is 5.75 Å². The number of methoxy groups -OCH3 is 1. The van der Waals surface area contributed by atoms with Gasteiger partial charge >= 0.3 is 0 Å². The first kappa shape index (κ1) is 17.9. The summed E-state index contributed by atoms with van der Waals surface area (Å²) in [5.74, 6) is 0.532. The van der Waals surface area contributed by atoms with Crippen LogP contribution in [0.1, 0.15) is 42.9 Å². The predicted molar refractivity (Wildman–Crippen MR) is 97.8 cm³/mol. The number of nitrogens with zero attached hydrogens (tertiary/aromatic N) is 2. The SMILES string of the molecule is CCCCCc1ccc(/C=N/N=C/c2ccc(OC)cc2)c(F)c1. The van der Waals surface area contributed by atoms with Gasteiger partial charge in [0.2, 0.25) is 0 Å². The fourth-order valence-corrected chi connectivity index (χ4v) is 2.30. The molecule has 0 saturated heterocycles. The minimum atomic E-state index is -0.257. The van der Waals surface area contributed by atoms with Gasteiger partial charge in [-0.3, -0.25) is 0 Å². The minimum absolute atomic E-state index is 0.257. The molecule has 2 aromatic carbocycles. The van der Waals surface area contributed by atoms with Crippen LogP contribution in [0.3, 0.4) is 0 Å². The number of benzene rings is 2. The van der Waals surface area contributed by atoms with Gasteiger partial charge in [-0.05, 0) is 54.3 Å². The largest absolute Gasteiger partial charge is 0.497 e. The third-order valence-electron chi connectivity index (χ3n) is 3.72. The van der Waals surface area contributed by atoms with E-state index in [4.69, 9.17) is 4.74 Å². The molecule has 0 N–H and O–H groups in total. The number of aryl methyl sites for hydroxylation is 1. The first-order valence-corrected chi connectivity index (χ1v) is 8.22. The van der Waals surface area contributed by atoms with Gasteiger partial charge in [0.15, 0.2) is 0 Å². The third-order valence-corrected chi connectivity index (χ3v) is 3.72. The van der Waals surface area contributed by atoms with Crippen molar-refractivity contribution in [3.63, 3.8) is 0 Å². The Morgan fingerprint density at radius 2 is 1.75 bits per heavy atom. The molecule has 2 aromatic rings. The van der Waals surface area contributed by atoms with Crippen LogP contribution in [0.25, 0.3) is 0 Å². The Hall–Kier alpha value is -2.49. The van der Waals surface area contributed by atoms with E-state index in [1.807, 2.05) is 30.3 Å². The predicted octanol–water partition coefficient (Wildman–Crippen LogP) is 5.02. The lowest BCUT2D eigenvalue weighted by molar-refractivity contribution is 0.415. The van der Waals surface area contributed by atoms with E-state index in [1.54, 1.807) is 25.5 Å². The highest BCUT2D eigenvalue weighted by molar-refractivity contribution is 5.83.